The van der Waals surface area contributed by atoms with Gasteiger partial charge in [-0.15, -0.1) is 0 Å². The molecule has 0 unspecified atom stereocenters. The average molecular weight is 587 g/mol. The first kappa shape index (κ1) is 33.4. The Kier molecular flexibility index (Phi) is 12.4. The Hall–Kier alpha value is -1.13. The van der Waals surface area contributed by atoms with Gasteiger partial charge in [-0.2, -0.15) is 0 Å². The molecule has 0 saturated carbocycles. The van der Waals surface area contributed by atoms with Crippen LogP contribution in [0.4, 0.5) is 0 Å². The Morgan fingerprint density at radius 2 is 1.23 bits per heavy atom. The molecule has 0 radical (unpaired) electrons. The number of ether oxygens (including phenoxy) is 5. The minimum absolute atomic E-state index is 0.385. The lowest BCUT2D eigenvalue weighted by Crippen LogP contribution is -2.70. The van der Waals surface area contributed by atoms with Crippen LogP contribution in [-0.4, -0.2) is 170 Å². The van der Waals surface area contributed by atoms with Crippen LogP contribution in [0.15, 0.2) is 0 Å². The van der Waals surface area contributed by atoms with Crippen LogP contribution in [0.1, 0.15) is 20.3 Å². The highest BCUT2D eigenvalue weighted by molar-refractivity contribution is 5.73. The van der Waals surface area contributed by atoms with Crippen molar-refractivity contribution in [1.29, 1.82) is 0 Å². The van der Waals surface area contributed by atoms with Gasteiger partial charge in [-0.1, -0.05) is 6.92 Å². The van der Waals surface area contributed by atoms with Crippen LogP contribution >= 0.6 is 0 Å². The smallest absolute Gasteiger partial charge is 0.217 e. The summed E-state index contributed by atoms with van der Waals surface area (Å²) >= 11 is 0. The van der Waals surface area contributed by atoms with Crippen LogP contribution < -0.4 is 10.6 Å². The summed E-state index contributed by atoms with van der Waals surface area (Å²) in [6, 6.07) is -2.45. The van der Waals surface area contributed by atoms with Gasteiger partial charge in [0.05, 0.1) is 25.9 Å². The van der Waals surface area contributed by atoms with Crippen molar-refractivity contribution in [3.8, 4) is 0 Å². The molecule has 0 aromatic carbocycles. The molecule has 17 nitrogen and oxygen atoms in total. The van der Waals surface area contributed by atoms with Crippen molar-refractivity contribution in [3.63, 3.8) is 0 Å². The molecule has 3 aliphatic rings. The third-order valence-corrected chi connectivity index (χ3v) is 7.16. The Morgan fingerprint density at radius 3 is 1.80 bits per heavy atom. The van der Waals surface area contributed by atoms with Crippen LogP contribution in [0.25, 0.3) is 0 Å². The lowest BCUT2D eigenvalue weighted by atomic mass is 9.94. The molecule has 40 heavy (non-hydrogen) atoms. The molecule has 3 heterocycles. The maximum absolute atomic E-state index is 12.0. The second kappa shape index (κ2) is 14.9. The first-order chi connectivity index (χ1) is 19.0. The zero-order valence-electron chi connectivity index (χ0n) is 22.2. The van der Waals surface area contributed by atoms with Crippen LogP contribution in [-0.2, 0) is 28.5 Å². The van der Waals surface area contributed by atoms with E-state index >= 15 is 0 Å². The molecule has 3 fully saturated rings. The predicted octanol–water partition coefficient (Wildman–Crippen LogP) is -6.42. The summed E-state index contributed by atoms with van der Waals surface area (Å²) < 4.78 is 28.1. The monoisotopic (exact) mass is 586 g/mol. The Labute approximate surface area is 230 Å². The summed E-state index contributed by atoms with van der Waals surface area (Å²) in [5.41, 5.74) is 0. The summed E-state index contributed by atoms with van der Waals surface area (Å²) in [6.07, 6.45) is -19.2. The Balaban J connectivity index is 1.84. The Bertz CT molecular complexity index is 797. The van der Waals surface area contributed by atoms with Gasteiger partial charge in [0, 0.05) is 6.92 Å². The molecule has 15 atom stereocenters. The molecule has 0 aliphatic carbocycles. The summed E-state index contributed by atoms with van der Waals surface area (Å²) in [5.74, 6) is -0.640. The zero-order chi connectivity index (χ0) is 29.7. The Morgan fingerprint density at radius 1 is 0.700 bits per heavy atom. The number of rotatable bonds is 11. The molecule has 0 aromatic heterocycles. The molecular formula is C23H42N2O15. The van der Waals surface area contributed by atoms with Gasteiger partial charge >= 0.3 is 0 Å². The number of aliphatic hydroxyl groups excluding tert-OH is 9. The molecular weight excluding hydrogens is 544 g/mol. The standard InChI is InChI=1S/C23H42N2O15/c1-3-4-24-12-16(32)14(30)10(6-27)37-22(12)39-19-11(7-28)38-23(13(17(19)33)25-8(2)29)40-20-18(34)15(31)9(5-26)36-21(20)35/h9-24,26-28,30-35H,3-7H2,1-2H3,(H,25,29)/t9-,10-,11-,12-,13-,14+,15-,16-,17-,18+,19-,20+,21+,22+,23+/m1/s1. The molecule has 0 spiro atoms. The van der Waals surface area contributed by atoms with E-state index in [1.165, 1.54) is 0 Å². The molecule has 0 bridgehead atoms. The van der Waals surface area contributed by atoms with Crippen molar-refractivity contribution in [1.82, 2.24) is 10.6 Å². The first-order valence-electron chi connectivity index (χ1n) is 13.2. The summed E-state index contributed by atoms with van der Waals surface area (Å²) in [7, 11) is 0. The van der Waals surface area contributed by atoms with Gasteiger partial charge in [0.25, 0.3) is 0 Å². The van der Waals surface area contributed by atoms with E-state index in [1.54, 1.807) is 0 Å². The van der Waals surface area contributed by atoms with Crippen LogP contribution in [0.3, 0.4) is 0 Å². The molecule has 3 aliphatic heterocycles. The van der Waals surface area contributed by atoms with E-state index < -0.39 is 118 Å². The van der Waals surface area contributed by atoms with Gasteiger partial charge in [-0.25, -0.2) is 0 Å². The van der Waals surface area contributed by atoms with Gasteiger partial charge in [0.2, 0.25) is 5.91 Å². The molecule has 0 aromatic rings. The fourth-order valence-corrected chi connectivity index (χ4v) is 4.99. The van der Waals surface area contributed by atoms with Crippen molar-refractivity contribution in [2.45, 2.75) is 112 Å². The van der Waals surface area contributed by atoms with Crippen molar-refractivity contribution in [2.24, 2.45) is 0 Å². The van der Waals surface area contributed by atoms with Gasteiger partial charge in [-0.05, 0) is 13.0 Å². The topological polar surface area (TPSA) is 269 Å². The predicted molar refractivity (Wildman–Crippen MR) is 129 cm³/mol. The maximum atomic E-state index is 12.0. The normalized spacial score (nSPS) is 46.2. The number of hydrogen-bond acceptors (Lipinski definition) is 16. The minimum atomic E-state index is -1.85. The van der Waals surface area contributed by atoms with Crippen molar-refractivity contribution < 1.29 is 74.4 Å². The highest BCUT2D eigenvalue weighted by Crippen LogP contribution is 2.32. The molecule has 17 heteroatoms. The van der Waals surface area contributed by atoms with E-state index in [0.717, 1.165) is 6.92 Å². The van der Waals surface area contributed by atoms with Crippen molar-refractivity contribution in [2.75, 3.05) is 26.4 Å². The summed E-state index contributed by atoms with van der Waals surface area (Å²) in [5, 5.41) is 97.6. The van der Waals surface area contributed by atoms with Crippen molar-refractivity contribution in [3.05, 3.63) is 0 Å². The SMILES string of the molecule is CCCN[C@H]1[C@H](O[C@H]2[C@H](O)[C@@H](NC(C)=O)[C@H](O[C@H]3[C@@H](O)[C@H](O)[C@@H](CO)O[C@@H]3O)O[C@@H]2CO)O[C@H](CO)[C@H](O)[C@@H]1O. The number of carbonyl (C=O) groups excluding carboxylic acids is 1. The van der Waals surface area contributed by atoms with E-state index in [4.69, 9.17) is 23.7 Å². The van der Waals surface area contributed by atoms with E-state index in [0.29, 0.717) is 13.0 Å². The number of nitrogens with one attached hydrogen (secondary N) is 2. The number of hydrogen-bond donors (Lipinski definition) is 11. The quantitative estimate of drug-likeness (QED) is 0.107. The van der Waals surface area contributed by atoms with E-state index in [2.05, 4.69) is 10.6 Å². The lowest BCUT2D eigenvalue weighted by Gasteiger charge is -2.49. The second-order valence-electron chi connectivity index (χ2n) is 10.1. The largest absolute Gasteiger partial charge is 0.394 e. The fraction of sp³-hybridized carbons (Fsp3) is 0.957. The van der Waals surface area contributed by atoms with Gasteiger partial charge < -0.3 is 80.3 Å². The second-order valence-corrected chi connectivity index (χ2v) is 10.1. The highest BCUT2D eigenvalue weighted by Gasteiger charge is 2.53. The van der Waals surface area contributed by atoms with Gasteiger partial charge in [-0.3, -0.25) is 4.79 Å². The fourth-order valence-electron chi connectivity index (χ4n) is 4.99. The van der Waals surface area contributed by atoms with E-state index in [9.17, 15) is 50.8 Å². The minimum Gasteiger partial charge on any atom is -0.394 e. The number of amides is 1. The van der Waals surface area contributed by atoms with Gasteiger partial charge in [0.1, 0.15) is 67.1 Å². The van der Waals surface area contributed by atoms with Crippen LogP contribution in [0.2, 0.25) is 0 Å². The number of carbonyl (C=O) groups is 1. The van der Waals surface area contributed by atoms with E-state index in [1.807, 2.05) is 6.92 Å². The zero-order valence-corrected chi connectivity index (χ0v) is 22.2. The third kappa shape index (κ3) is 7.25. The molecule has 11 N–H and O–H groups in total. The van der Waals surface area contributed by atoms with Crippen molar-refractivity contribution >= 4 is 5.91 Å². The maximum Gasteiger partial charge on any atom is 0.217 e. The third-order valence-electron chi connectivity index (χ3n) is 7.16. The van der Waals surface area contributed by atoms with Crippen LogP contribution in [0, 0.1) is 0 Å². The summed E-state index contributed by atoms with van der Waals surface area (Å²) in [4.78, 5) is 12.0. The average Bonchev–Trinajstić information content (AvgIpc) is 2.92. The first-order valence-corrected chi connectivity index (χ1v) is 13.2. The lowest BCUT2D eigenvalue weighted by molar-refractivity contribution is -0.363. The molecule has 3 saturated heterocycles. The molecule has 234 valence electrons. The number of aliphatic hydroxyl groups is 9. The van der Waals surface area contributed by atoms with E-state index in [-0.39, 0.29) is 0 Å². The van der Waals surface area contributed by atoms with Crippen LogP contribution in [0.5, 0.6) is 0 Å². The van der Waals surface area contributed by atoms with Gasteiger partial charge in [0.15, 0.2) is 18.9 Å². The molecule has 3 rings (SSSR count). The molecule has 1 amide bonds. The highest BCUT2D eigenvalue weighted by atomic mass is 16.7. The summed E-state index contributed by atoms with van der Waals surface area (Å²) in [6.45, 7) is 1.26.